The number of rotatable bonds is 2. The molecule has 0 heterocycles. The van der Waals surface area contributed by atoms with E-state index in [1.54, 1.807) is 0 Å². The molecule has 96 valence electrons. The molecule has 0 bridgehead atoms. The van der Waals surface area contributed by atoms with E-state index in [0.29, 0.717) is 23.5 Å². The first kappa shape index (κ1) is 15.7. The topological polar surface area (TPSA) is 17.1 Å². The van der Waals surface area contributed by atoms with Crippen LogP contribution in [0.4, 0.5) is 0 Å². The molecule has 0 aliphatic heterocycles. The third-order valence-corrected chi connectivity index (χ3v) is 3.55. The van der Waals surface area contributed by atoms with Gasteiger partial charge in [0.05, 0.1) is 0 Å². The highest BCUT2D eigenvalue weighted by molar-refractivity contribution is 5.82. The fraction of sp³-hybridized carbons (Fsp3) is 0.933. The standard InChI is InChI=1S/C10H18O.C5H12/c1-7(2)9-5-4-8(3)6-10(9)11;1-4-5(2)3/h7-9H,4-6H2,1-3H3;5H,4H2,1-3H3. The summed E-state index contributed by atoms with van der Waals surface area (Å²) < 4.78 is 0. The predicted molar refractivity (Wildman–Crippen MR) is 71.5 cm³/mol. The van der Waals surface area contributed by atoms with Crippen molar-refractivity contribution in [3.8, 4) is 0 Å². The monoisotopic (exact) mass is 226 g/mol. The van der Waals surface area contributed by atoms with E-state index in [-0.39, 0.29) is 0 Å². The van der Waals surface area contributed by atoms with Gasteiger partial charge in [0.25, 0.3) is 0 Å². The smallest absolute Gasteiger partial charge is 0.136 e. The van der Waals surface area contributed by atoms with Crippen molar-refractivity contribution in [1.82, 2.24) is 0 Å². The van der Waals surface area contributed by atoms with Gasteiger partial charge in [-0.15, -0.1) is 0 Å². The normalized spacial score (nSPS) is 25.6. The van der Waals surface area contributed by atoms with Gasteiger partial charge in [-0.05, 0) is 30.6 Å². The minimum Gasteiger partial charge on any atom is -0.299 e. The first-order valence-corrected chi connectivity index (χ1v) is 6.91. The van der Waals surface area contributed by atoms with Crippen molar-refractivity contribution in [2.45, 2.75) is 67.2 Å². The van der Waals surface area contributed by atoms with Crippen LogP contribution < -0.4 is 0 Å². The van der Waals surface area contributed by atoms with E-state index in [1.165, 1.54) is 12.8 Å². The fourth-order valence-corrected chi connectivity index (χ4v) is 1.93. The second-order valence-electron chi connectivity index (χ2n) is 6.01. The second kappa shape index (κ2) is 7.86. The van der Waals surface area contributed by atoms with Gasteiger partial charge in [0.15, 0.2) is 0 Å². The molecule has 1 aliphatic carbocycles. The number of hydrogen-bond donors (Lipinski definition) is 0. The van der Waals surface area contributed by atoms with Gasteiger partial charge in [-0.1, -0.05) is 48.0 Å². The van der Waals surface area contributed by atoms with Crippen LogP contribution in [0.5, 0.6) is 0 Å². The number of carbonyl (C=O) groups excluding carboxylic acids is 1. The minimum atomic E-state index is 0.367. The van der Waals surface area contributed by atoms with E-state index >= 15 is 0 Å². The maximum absolute atomic E-state index is 11.4. The second-order valence-corrected chi connectivity index (χ2v) is 6.01. The van der Waals surface area contributed by atoms with Crippen LogP contribution >= 0.6 is 0 Å². The molecule has 16 heavy (non-hydrogen) atoms. The van der Waals surface area contributed by atoms with Crippen molar-refractivity contribution in [3.05, 3.63) is 0 Å². The molecule has 1 aliphatic rings. The van der Waals surface area contributed by atoms with Crippen LogP contribution in [0.15, 0.2) is 0 Å². The SMILES string of the molecule is CC1CCC(C(C)C)C(=O)C1.CCC(C)C. The predicted octanol–water partition coefficient (Wildman–Crippen LogP) is 4.70. The largest absolute Gasteiger partial charge is 0.299 e. The molecule has 1 heteroatoms. The lowest BCUT2D eigenvalue weighted by atomic mass is 9.77. The van der Waals surface area contributed by atoms with Gasteiger partial charge in [-0.25, -0.2) is 0 Å². The molecule has 0 aromatic carbocycles. The van der Waals surface area contributed by atoms with E-state index < -0.39 is 0 Å². The van der Waals surface area contributed by atoms with Crippen molar-refractivity contribution < 1.29 is 4.79 Å². The lowest BCUT2D eigenvalue weighted by Gasteiger charge is -2.27. The van der Waals surface area contributed by atoms with E-state index in [1.807, 2.05) is 0 Å². The lowest BCUT2D eigenvalue weighted by Crippen LogP contribution is -2.27. The highest BCUT2D eigenvalue weighted by atomic mass is 16.1. The number of hydrogen-bond acceptors (Lipinski definition) is 1. The van der Waals surface area contributed by atoms with Crippen molar-refractivity contribution in [1.29, 1.82) is 0 Å². The van der Waals surface area contributed by atoms with Crippen LogP contribution in [-0.4, -0.2) is 5.78 Å². The van der Waals surface area contributed by atoms with Gasteiger partial charge in [0, 0.05) is 12.3 Å². The summed E-state index contributed by atoms with van der Waals surface area (Å²) in [5.74, 6) is 2.94. The first-order chi connectivity index (χ1) is 7.38. The number of Topliss-reactive ketones (excluding diaryl/α,β-unsaturated/α-hetero) is 1. The van der Waals surface area contributed by atoms with Gasteiger partial charge in [-0.2, -0.15) is 0 Å². The Bertz CT molecular complexity index is 194. The molecular weight excluding hydrogens is 196 g/mol. The Morgan fingerprint density at radius 1 is 1.19 bits per heavy atom. The molecule has 0 spiro atoms. The Hall–Kier alpha value is -0.330. The van der Waals surface area contributed by atoms with Crippen molar-refractivity contribution in [3.63, 3.8) is 0 Å². The van der Waals surface area contributed by atoms with E-state index in [9.17, 15) is 4.79 Å². The molecule has 1 nitrogen and oxygen atoms in total. The number of ketones is 1. The van der Waals surface area contributed by atoms with Crippen LogP contribution in [0.2, 0.25) is 0 Å². The molecule has 0 radical (unpaired) electrons. The summed E-state index contributed by atoms with van der Waals surface area (Å²) in [5, 5.41) is 0. The highest BCUT2D eigenvalue weighted by Gasteiger charge is 2.27. The molecule has 2 unspecified atom stereocenters. The zero-order valence-electron chi connectivity index (χ0n) is 12.0. The quantitative estimate of drug-likeness (QED) is 0.667. The summed E-state index contributed by atoms with van der Waals surface area (Å²) in [6.07, 6.45) is 4.50. The third kappa shape index (κ3) is 6.30. The molecular formula is C15H30O. The Balaban J connectivity index is 0.000000385. The van der Waals surface area contributed by atoms with Gasteiger partial charge < -0.3 is 0 Å². The summed E-state index contributed by atoms with van der Waals surface area (Å²) in [6.45, 7) is 13.1. The maximum atomic E-state index is 11.4. The Morgan fingerprint density at radius 3 is 2.00 bits per heavy atom. The Morgan fingerprint density at radius 2 is 1.69 bits per heavy atom. The summed E-state index contributed by atoms with van der Waals surface area (Å²) >= 11 is 0. The van der Waals surface area contributed by atoms with Gasteiger partial charge >= 0.3 is 0 Å². The van der Waals surface area contributed by atoms with E-state index in [4.69, 9.17) is 0 Å². The average molecular weight is 226 g/mol. The van der Waals surface area contributed by atoms with Gasteiger partial charge in [-0.3, -0.25) is 4.79 Å². The molecule has 0 amide bonds. The molecule has 1 rings (SSSR count). The summed E-state index contributed by atoms with van der Waals surface area (Å²) in [4.78, 5) is 11.4. The van der Waals surface area contributed by atoms with Crippen molar-refractivity contribution >= 4 is 5.78 Å². The van der Waals surface area contributed by atoms with Gasteiger partial charge in [0.2, 0.25) is 0 Å². The lowest BCUT2D eigenvalue weighted by molar-refractivity contribution is -0.127. The molecule has 1 fully saturated rings. The Labute approximate surface area is 102 Å². The van der Waals surface area contributed by atoms with Crippen LogP contribution in [0.25, 0.3) is 0 Å². The van der Waals surface area contributed by atoms with Crippen LogP contribution in [0.1, 0.15) is 67.2 Å². The number of carbonyl (C=O) groups is 1. The van der Waals surface area contributed by atoms with E-state index in [0.717, 1.165) is 18.8 Å². The summed E-state index contributed by atoms with van der Waals surface area (Å²) in [7, 11) is 0. The maximum Gasteiger partial charge on any atom is 0.136 e. The van der Waals surface area contributed by atoms with Crippen LogP contribution in [0, 0.1) is 23.7 Å². The highest BCUT2D eigenvalue weighted by Crippen LogP contribution is 2.29. The molecule has 0 saturated heterocycles. The fourth-order valence-electron chi connectivity index (χ4n) is 1.93. The van der Waals surface area contributed by atoms with Crippen LogP contribution in [-0.2, 0) is 4.79 Å². The summed E-state index contributed by atoms with van der Waals surface area (Å²) in [6, 6.07) is 0. The van der Waals surface area contributed by atoms with Crippen molar-refractivity contribution in [2.24, 2.45) is 23.7 Å². The zero-order chi connectivity index (χ0) is 12.7. The molecule has 0 N–H and O–H groups in total. The molecule has 0 aromatic rings. The minimum absolute atomic E-state index is 0.367. The summed E-state index contributed by atoms with van der Waals surface area (Å²) in [5.41, 5.74) is 0. The van der Waals surface area contributed by atoms with Gasteiger partial charge in [0.1, 0.15) is 5.78 Å². The molecule has 1 saturated carbocycles. The zero-order valence-corrected chi connectivity index (χ0v) is 12.0. The third-order valence-electron chi connectivity index (χ3n) is 3.55. The molecule has 0 aromatic heterocycles. The average Bonchev–Trinajstić information content (AvgIpc) is 2.17. The van der Waals surface area contributed by atoms with Crippen LogP contribution in [0.3, 0.4) is 0 Å². The van der Waals surface area contributed by atoms with E-state index in [2.05, 4.69) is 41.5 Å². The Kier molecular flexibility index (Phi) is 7.70. The van der Waals surface area contributed by atoms with Crippen molar-refractivity contribution in [2.75, 3.05) is 0 Å². The molecule has 2 atom stereocenters. The first-order valence-electron chi connectivity index (χ1n) is 6.91.